The van der Waals surface area contributed by atoms with Crippen LogP contribution in [0.1, 0.15) is 0 Å². The molecule has 0 saturated carbocycles. The van der Waals surface area contributed by atoms with Crippen LogP contribution in [0.15, 0.2) is 12.2 Å². The van der Waals surface area contributed by atoms with Crippen molar-refractivity contribution in [2.24, 2.45) is 11.8 Å². The minimum Gasteiger partial charge on any atom is -0.393 e. The molecular formula is C9H9NO4. The lowest BCUT2D eigenvalue weighted by Crippen LogP contribution is -2.42. The molecule has 0 aliphatic carbocycles. The first-order valence-electron chi connectivity index (χ1n) is 4.51. The zero-order chi connectivity index (χ0) is 9.92. The van der Waals surface area contributed by atoms with Crippen LogP contribution in [0.5, 0.6) is 0 Å². The molecule has 14 heavy (non-hydrogen) atoms. The molecule has 4 atom stereocenters. The largest absolute Gasteiger partial charge is 0.393 e. The third-order valence-electron chi connectivity index (χ3n) is 3.24. The highest BCUT2D eigenvalue weighted by atomic mass is 16.5. The van der Waals surface area contributed by atoms with Crippen molar-refractivity contribution in [3.05, 3.63) is 12.2 Å². The SMILES string of the molecule is O=C1NC(=O)[C@@H]2[C@@H]1[C@H]1C=C[C@@]2(CO)O1. The molecular weight excluding hydrogens is 186 g/mol. The highest BCUT2D eigenvalue weighted by Crippen LogP contribution is 2.49. The van der Waals surface area contributed by atoms with E-state index in [9.17, 15) is 14.7 Å². The van der Waals surface area contributed by atoms with Crippen LogP contribution < -0.4 is 5.32 Å². The predicted octanol–water partition coefficient (Wildman–Crippen LogP) is -1.43. The van der Waals surface area contributed by atoms with Crippen LogP contribution in [0.4, 0.5) is 0 Å². The molecule has 3 aliphatic heterocycles. The van der Waals surface area contributed by atoms with Crippen LogP contribution in [0.3, 0.4) is 0 Å². The summed E-state index contributed by atoms with van der Waals surface area (Å²) in [5, 5.41) is 11.5. The van der Waals surface area contributed by atoms with Crippen molar-refractivity contribution in [2.45, 2.75) is 11.7 Å². The van der Waals surface area contributed by atoms with Crippen molar-refractivity contribution in [3.63, 3.8) is 0 Å². The van der Waals surface area contributed by atoms with Crippen molar-refractivity contribution in [1.82, 2.24) is 5.32 Å². The number of nitrogens with one attached hydrogen (secondary N) is 1. The standard InChI is InChI=1S/C9H9NO4/c11-3-9-2-1-4(14-9)5-6(9)8(13)10-7(5)12/h1-2,4-6,11H,3H2,(H,10,12,13)/t4-,5+,6+,9+/m1/s1. The summed E-state index contributed by atoms with van der Waals surface area (Å²) in [5.74, 6) is -1.61. The zero-order valence-electron chi connectivity index (χ0n) is 7.27. The zero-order valence-corrected chi connectivity index (χ0v) is 7.27. The van der Waals surface area contributed by atoms with Gasteiger partial charge < -0.3 is 9.84 Å². The smallest absolute Gasteiger partial charge is 0.233 e. The molecule has 2 fully saturated rings. The van der Waals surface area contributed by atoms with Gasteiger partial charge in [-0.15, -0.1) is 0 Å². The summed E-state index contributed by atoms with van der Waals surface area (Å²) in [6.45, 7) is -0.262. The molecule has 3 aliphatic rings. The third kappa shape index (κ3) is 0.689. The van der Waals surface area contributed by atoms with Crippen molar-refractivity contribution < 1.29 is 19.4 Å². The second-order valence-corrected chi connectivity index (χ2v) is 3.91. The maximum atomic E-state index is 11.5. The van der Waals surface area contributed by atoms with Crippen LogP contribution in [0.25, 0.3) is 0 Å². The van der Waals surface area contributed by atoms with Crippen LogP contribution in [0, 0.1) is 11.8 Å². The average Bonchev–Trinajstić information content (AvgIpc) is 2.78. The number of amides is 2. The van der Waals surface area contributed by atoms with E-state index < -0.39 is 17.4 Å². The molecule has 0 aromatic heterocycles. The summed E-state index contributed by atoms with van der Waals surface area (Å²) >= 11 is 0. The normalized spacial score (nSPS) is 48.5. The van der Waals surface area contributed by atoms with Gasteiger partial charge in [0.1, 0.15) is 5.60 Å². The number of carbonyl (C=O) groups is 2. The summed E-state index contributed by atoms with van der Waals surface area (Å²) in [7, 11) is 0. The molecule has 0 aromatic carbocycles. The topological polar surface area (TPSA) is 75.6 Å². The molecule has 0 spiro atoms. The Labute approximate surface area is 79.7 Å². The van der Waals surface area contributed by atoms with Crippen LogP contribution in [-0.2, 0) is 14.3 Å². The molecule has 5 heteroatoms. The number of carbonyl (C=O) groups excluding carboxylic acids is 2. The van der Waals surface area contributed by atoms with Gasteiger partial charge in [-0.05, 0) is 0 Å². The maximum absolute atomic E-state index is 11.5. The molecule has 74 valence electrons. The summed E-state index contributed by atoms with van der Waals surface area (Å²) < 4.78 is 5.47. The Morgan fingerprint density at radius 3 is 3.00 bits per heavy atom. The van der Waals surface area contributed by atoms with E-state index in [1.54, 1.807) is 12.2 Å². The van der Waals surface area contributed by atoms with Gasteiger partial charge in [-0.2, -0.15) is 0 Å². The molecule has 2 amide bonds. The number of hydrogen-bond donors (Lipinski definition) is 2. The van der Waals surface area contributed by atoms with E-state index in [4.69, 9.17) is 4.74 Å². The number of aliphatic hydroxyl groups excluding tert-OH is 1. The highest BCUT2D eigenvalue weighted by molar-refractivity contribution is 6.07. The number of aliphatic hydroxyl groups is 1. The molecule has 5 nitrogen and oxygen atoms in total. The summed E-state index contributed by atoms with van der Waals surface area (Å²) in [6, 6.07) is 0. The van der Waals surface area contributed by atoms with E-state index >= 15 is 0 Å². The van der Waals surface area contributed by atoms with E-state index in [2.05, 4.69) is 5.32 Å². The van der Waals surface area contributed by atoms with Crippen molar-refractivity contribution in [1.29, 1.82) is 0 Å². The fourth-order valence-electron chi connectivity index (χ4n) is 2.61. The third-order valence-corrected chi connectivity index (χ3v) is 3.24. The maximum Gasteiger partial charge on any atom is 0.233 e. The Morgan fingerprint density at radius 2 is 2.29 bits per heavy atom. The molecule has 2 N–H and O–H groups in total. The number of imide groups is 1. The van der Waals surface area contributed by atoms with Gasteiger partial charge in [0.2, 0.25) is 11.8 Å². The highest BCUT2D eigenvalue weighted by Gasteiger charge is 2.65. The Balaban J connectivity index is 2.10. The van der Waals surface area contributed by atoms with Gasteiger partial charge in [0, 0.05) is 0 Å². The van der Waals surface area contributed by atoms with Crippen LogP contribution >= 0.6 is 0 Å². The minimum atomic E-state index is -0.953. The van der Waals surface area contributed by atoms with E-state index in [-0.39, 0.29) is 24.5 Å². The molecule has 0 radical (unpaired) electrons. The molecule has 0 unspecified atom stereocenters. The molecule has 2 bridgehead atoms. The number of fused-ring (bicyclic) bond motifs is 5. The van der Waals surface area contributed by atoms with Gasteiger partial charge in [-0.1, -0.05) is 12.2 Å². The van der Waals surface area contributed by atoms with Gasteiger partial charge >= 0.3 is 0 Å². The van der Waals surface area contributed by atoms with Gasteiger partial charge in [-0.3, -0.25) is 14.9 Å². The predicted molar refractivity (Wildman–Crippen MR) is 44.0 cm³/mol. The van der Waals surface area contributed by atoms with E-state index in [1.165, 1.54) is 0 Å². The monoisotopic (exact) mass is 195 g/mol. The first-order chi connectivity index (χ1) is 6.68. The van der Waals surface area contributed by atoms with Crippen LogP contribution in [0.2, 0.25) is 0 Å². The van der Waals surface area contributed by atoms with Gasteiger partial charge in [-0.25, -0.2) is 0 Å². The molecule has 3 rings (SSSR count). The fraction of sp³-hybridized carbons (Fsp3) is 0.556. The van der Waals surface area contributed by atoms with E-state index in [0.717, 1.165) is 0 Å². The molecule has 2 saturated heterocycles. The van der Waals surface area contributed by atoms with Crippen molar-refractivity contribution >= 4 is 11.8 Å². The van der Waals surface area contributed by atoms with E-state index in [1.807, 2.05) is 0 Å². The van der Waals surface area contributed by atoms with Crippen molar-refractivity contribution in [2.75, 3.05) is 6.61 Å². The number of rotatable bonds is 1. The first-order valence-corrected chi connectivity index (χ1v) is 4.51. The van der Waals surface area contributed by atoms with Crippen molar-refractivity contribution in [3.8, 4) is 0 Å². The Hall–Kier alpha value is -1.20. The summed E-state index contributed by atoms with van der Waals surface area (Å²) in [6.07, 6.45) is 3.09. The Morgan fingerprint density at radius 1 is 1.50 bits per heavy atom. The second-order valence-electron chi connectivity index (χ2n) is 3.91. The van der Waals surface area contributed by atoms with Crippen LogP contribution in [-0.4, -0.2) is 35.2 Å². The average molecular weight is 195 g/mol. The second kappa shape index (κ2) is 2.24. The minimum absolute atomic E-state index is 0.262. The number of ether oxygens (including phenoxy) is 1. The lowest BCUT2D eigenvalue weighted by atomic mass is 9.77. The van der Waals surface area contributed by atoms with Gasteiger partial charge in [0.25, 0.3) is 0 Å². The van der Waals surface area contributed by atoms with Gasteiger partial charge in [0.15, 0.2) is 0 Å². The quantitative estimate of drug-likeness (QED) is 0.397. The summed E-state index contributed by atoms with van der Waals surface area (Å²) in [5.41, 5.74) is -0.953. The summed E-state index contributed by atoms with van der Waals surface area (Å²) in [4.78, 5) is 22.8. The lowest BCUT2D eigenvalue weighted by molar-refractivity contribution is -0.131. The molecule has 0 aromatic rings. The lowest BCUT2D eigenvalue weighted by Gasteiger charge is -2.24. The van der Waals surface area contributed by atoms with Gasteiger partial charge in [0.05, 0.1) is 24.5 Å². The Bertz CT molecular complexity index is 364. The number of hydrogen-bond acceptors (Lipinski definition) is 4. The molecule has 3 heterocycles. The Kier molecular flexibility index (Phi) is 1.30. The van der Waals surface area contributed by atoms with E-state index in [0.29, 0.717) is 0 Å². The first kappa shape index (κ1) is 8.14. The fourth-order valence-corrected chi connectivity index (χ4v) is 2.61.